The molecule has 3 aromatic rings. The SMILES string of the molecule is Cc1cc(C)cc(N=C2NC(=O)/C(=C/c3ccc(-c4ccc(C(=O)O)cc4C)o3)S2)c1. The highest BCUT2D eigenvalue weighted by atomic mass is 32.2. The molecule has 2 heterocycles. The van der Waals surface area contributed by atoms with Gasteiger partial charge in [0.1, 0.15) is 11.5 Å². The van der Waals surface area contributed by atoms with Crippen molar-refractivity contribution in [1.29, 1.82) is 0 Å². The Morgan fingerprint density at radius 1 is 1.06 bits per heavy atom. The summed E-state index contributed by atoms with van der Waals surface area (Å²) in [6.07, 6.45) is 1.68. The number of carboxylic acid groups (broad SMARTS) is 1. The quantitative estimate of drug-likeness (QED) is 0.534. The van der Waals surface area contributed by atoms with Crippen molar-refractivity contribution in [2.24, 2.45) is 4.99 Å². The maximum absolute atomic E-state index is 12.4. The highest BCUT2D eigenvalue weighted by molar-refractivity contribution is 8.18. The number of carboxylic acids is 1. The molecule has 2 N–H and O–H groups in total. The molecule has 1 fully saturated rings. The van der Waals surface area contributed by atoms with Gasteiger partial charge in [-0.3, -0.25) is 4.79 Å². The molecule has 1 saturated heterocycles. The van der Waals surface area contributed by atoms with Gasteiger partial charge in [-0.2, -0.15) is 0 Å². The van der Waals surface area contributed by atoms with E-state index in [0.717, 1.165) is 27.9 Å². The Labute approximate surface area is 183 Å². The van der Waals surface area contributed by atoms with Gasteiger partial charge in [0, 0.05) is 11.6 Å². The number of aliphatic imine (C=N–C) groups is 1. The van der Waals surface area contributed by atoms with Crippen LogP contribution in [0.5, 0.6) is 0 Å². The van der Waals surface area contributed by atoms with Crippen LogP contribution in [-0.4, -0.2) is 22.2 Å². The van der Waals surface area contributed by atoms with E-state index in [1.165, 1.54) is 11.8 Å². The molecule has 0 saturated carbocycles. The van der Waals surface area contributed by atoms with Crippen LogP contribution in [0.3, 0.4) is 0 Å². The van der Waals surface area contributed by atoms with Crippen molar-refractivity contribution in [3.63, 3.8) is 0 Å². The molecule has 1 aromatic heterocycles. The zero-order chi connectivity index (χ0) is 22.1. The molecule has 0 atom stereocenters. The fourth-order valence-electron chi connectivity index (χ4n) is 3.39. The zero-order valence-electron chi connectivity index (χ0n) is 17.2. The Bertz CT molecular complexity index is 1250. The van der Waals surface area contributed by atoms with Gasteiger partial charge >= 0.3 is 5.97 Å². The number of rotatable bonds is 4. The highest BCUT2D eigenvalue weighted by Gasteiger charge is 2.24. The molecule has 156 valence electrons. The summed E-state index contributed by atoms with van der Waals surface area (Å²) in [4.78, 5) is 28.5. The van der Waals surface area contributed by atoms with Crippen molar-refractivity contribution in [1.82, 2.24) is 5.32 Å². The molecule has 6 nitrogen and oxygen atoms in total. The van der Waals surface area contributed by atoms with E-state index in [1.807, 2.05) is 32.9 Å². The molecule has 0 unspecified atom stereocenters. The smallest absolute Gasteiger partial charge is 0.335 e. The summed E-state index contributed by atoms with van der Waals surface area (Å²) in [6, 6.07) is 14.4. The Balaban J connectivity index is 1.56. The van der Waals surface area contributed by atoms with Crippen LogP contribution < -0.4 is 5.32 Å². The summed E-state index contributed by atoms with van der Waals surface area (Å²) in [5.74, 6) is -0.0639. The van der Waals surface area contributed by atoms with Crippen LogP contribution in [0, 0.1) is 20.8 Å². The number of aryl methyl sites for hydroxylation is 3. The predicted molar refractivity (Wildman–Crippen MR) is 123 cm³/mol. The summed E-state index contributed by atoms with van der Waals surface area (Å²) < 4.78 is 5.89. The fourth-order valence-corrected chi connectivity index (χ4v) is 4.21. The number of aromatic carboxylic acids is 1. The third-order valence-corrected chi connectivity index (χ3v) is 5.64. The van der Waals surface area contributed by atoms with Crippen LogP contribution in [0.1, 0.15) is 32.8 Å². The maximum Gasteiger partial charge on any atom is 0.335 e. The molecular weight excluding hydrogens is 412 g/mol. The van der Waals surface area contributed by atoms with Crippen LogP contribution in [0.15, 0.2) is 62.8 Å². The Morgan fingerprint density at radius 3 is 2.48 bits per heavy atom. The van der Waals surface area contributed by atoms with Crippen molar-refractivity contribution < 1.29 is 19.1 Å². The lowest BCUT2D eigenvalue weighted by Crippen LogP contribution is -2.19. The third kappa shape index (κ3) is 4.62. The van der Waals surface area contributed by atoms with Crippen molar-refractivity contribution in [3.8, 4) is 11.3 Å². The molecule has 1 aliphatic rings. The van der Waals surface area contributed by atoms with Gasteiger partial charge in [0.15, 0.2) is 5.17 Å². The molecule has 2 aromatic carbocycles. The van der Waals surface area contributed by atoms with Gasteiger partial charge in [-0.15, -0.1) is 0 Å². The highest BCUT2D eigenvalue weighted by Crippen LogP contribution is 2.31. The second kappa shape index (κ2) is 8.28. The normalized spacial score (nSPS) is 16.2. The minimum absolute atomic E-state index is 0.227. The number of furan rings is 1. The van der Waals surface area contributed by atoms with Crippen LogP contribution in [0.2, 0.25) is 0 Å². The number of nitrogens with one attached hydrogen (secondary N) is 1. The molecule has 1 amide bonds. The summed E-state index contributed by atoms with van der Waals surface area (Å²) in [5, 5.41) is 12.4. The number of amides is 1. The first-order valence-corrected chi connectivity index (χ1v) is 10.4. The minimum Gasteiger partial charge on any atom is -0.478 e. The van der Waals surface area contributed by atoms with E-state index in [2.05, 4.69) is 16.4 Å². The number of carbonyl (C=O) groups excluding carboxylic acids is 1. The molecule has 0 radical (unpaired) electrons. The zero-order valence-corrected chi connectivity index (χ0v) is 18.0. The molecule has 31 heavy (non-hydrogen) atoms. The Hall–Kier alpha value is -3.58. The summed E-state index contributed by atoms with van der Waals surface area (Å²) in [5.41, 5.74) is 4.84. The monoisotopic (exact) mass is 432 g/mol. The van der Waals surface area contributed by atoms with Crippen molar-refractivity contribution >= 4 is 40.6 Å². The van der Waals surface area contributed by atoms with E-state index in [1.54, 1.807) is 36.4 Å². The first-order valence-electron chi connectivity index (χ1n) is 9.60. The number of amidine groups is 1. The number of nitrogens with zero attached hydrogens (tertiary/aromatic N) is 1. The Kier molecular flexibility index (Phi) is 5.52. The van der Waals surface area contributed by atoms with Crippen LogP contribution in [0.25, 0.3) is 17.4 Å². The van der Waals surface area contributed by atoms with Gasteiger partial charge in [0.05, 0.1) is 16.2 Å². The first-order chi connectivity index (χ1) is 14.8. The molecular formula is C24H20N2O4S. The van der Waals surface area contributed by atoms with E-state index in [9.17, 15) is 9.59 Å². The largest absolute Gasteiger partial charge is 0.478 e. The molecule has 7 heteroatoms. The first kappa shape index (κ1) is 20.7. The average molecular weight is 433 g/mol. The molecule has 1 aliphatic heterocycles. The van der Waals surface area contributed by atoms with Crippen molar-refractivity contribution in [2.75, 3.05) is 0 Å². The lowest BCUT2D eigenvalue weighted by Gasteiger charge is -2.04. The van der Waals surface area contributed by atoms with E-state index in [-0.39, 0.29) is 11.5 Å². The van der Waals surface area contributed by atoms with Crippen molar-refractivity contribution in [3.05, 3.63) is 81.5 Å². The van der Waals surface area contributed by atoms with Crippen LogP contribution in [-0.2, 0) is 4.79 Å². The van der Waals surface area contributed by atoms with Crippen LogP contribution in [0.4, 0.5) is 5.69 Å². The third-order valence-electron chi connectivity index (χ3n) is 4.73. The van der Waals surface area contributed by atoms with E-state index >= 15 is 0 Å². The second-order valence-electron chi connectivity index (χ2n) is 7.36. The molecule has 0 aliphatic carbocycles. The number of benzene rings is 2. The molecule has 0 spiro atoms. The number of thioether (sulfide) groups is 1. The van der Waals surface area contributed by atoms with Gasteiger partial charge in [-0.25, -0.2) is 9.79 Å². The average Bonchev–Trinajstić information content (AvgIpc) is 3.27. The summed E-state index contributed by atoms with van der Waals surface area (Å²) in [6.45, 7) is 5.85. The number of hydrogen-bond acceptors (Lipinski definition) is 5. The van der Waals surface area contributed by atoms with Gasteiger partial charge < -0.3 is 14.8 Å². The van der Waals surface area contributed by atoms with E-state index in [4.69, 9.17) is 9.52 Å². The lowest BCUT2D eigenvalue weighted by atomic mass is 10.0. The molecule has 4 rings (SSSR count). The van der Waals surface area contributed by atoms with Crippen molar-refractivity contribution in [2.45, 2.75) is 20.8 Å². The van der Waals surface area contributed by atoms with E-state index in [0.29, 0.717) is 21.6 Å². The summed E-state index contributed by atoms with van der Waals surface area (Å²) in [7, 11) is 0. The number of carbonyl (C=O) groups is 2. The maximum atomic E-state index is 12.4. The van der Waals surface area contributed by atoms with Crippen LogP contribution >= 0.6 is 11.8 Å². The lowest BCUT2D eigenvalue weighted by molar-refractivity contribution is -0.115. The van der Waals surface area contributed by atoms with Gasteiger partial charge in [-0.1, -0.05) is 12.1 Å². The second-order valence-corrected chi connectivity index (χ2v) is 8.40. The summed E-state index contributed by atoms with van der Waals surface area (Å²) >= 11 is 1.26. The van der Waals surface area contributed by atoms with Gasteiger partial charge in [0.2, 0.25) is 0 Å². The number of hydrogen-bond donors (Lipinski definition) is 2. The standard InChI is InChI=1S/C24H20N2O4S/c1-13-8-14(2)10-17(9-13)25-24-26-22(27)21(31-24)12-18-5-7-20(30-18)19-6-4-16(23(28)29)11-15(19)3/h4-12H,1-3H3,(H,28,29)(H,25,26,27)/b21-12-. The Morgan fingerprint density at radius 2 is 1.81 bits per heavy atom. The topological polar surface area (TPSA) is 91.9 Å². The minimum atomic E-state index is -0.970. The molecule has 0 bridgehead atoms. The van der Waals surface area contributed by atoms with Gasteiger partial charge in [-0.05, 0) is 85.6 Å². The predicted octanol–water partition coefficient (Wildman–Crippen LogP) is 5.46. The fraction of sp³-hybridized carbons (Fsp3) is 0.125. The van der Waals surface area contributed by atoms with Gasteiger partial charge in [0.25, 0.3) is 5.91 Å². The van der Waals surface area contributed by atoms with E-state index < -0.39 is 5.97 Å².